The molecule has 2 heterocycles. The number of aryl methyl sites for hydroxylation is 1. The summed E-state index contributed by atoms with van der Waals surface area (Å²) in [5, 5.41) is 3.48. The Kier molecular flexibility index (Phi) is 4.34. The molecule has 0 bridgehead atoms. The van der Waals surface area contributed by atoms with Crippen LogP contribution >= 0.6 is 0 Å². The third-order valence-electron chi connectivity index (χ3n) is 3.97. The fraction of sp³-hybridized carbons (Fsp3) is 0.529. The van der Waals surface area contributed by atoms with Gasteiger partial charge in [0.15, 0.2) is 0 Å². The second kappa shape index (κ2) is 6.39. The van der Waals surface area contributed by atoms with Gasteiger partial charge in [-0.1, -0.05) is 13.8 Å². The Hall–Kier alpha value is -1.68. The molecule has 1 aliphatic carbocycles. The number of hydrogen-bond acceptors (Lipinski definition) is 3. The zero-order valence-corrected chi connectivity index (χ0v) is 13.0. The van der Waals surface area contributed by atoms with Gasteiger partial charge < -0.3 is 5.32 Å². The normalized spacial score (nSPS) is 14.4. The van der Waals surface area contributed by atoms with Crippen molar-refractivity contribution in [2.75, 3.05) is 6.54 Å². The van der Waals surface area contributed by atoms with Gasteiger partial charge >= 0.3 is 0 Å². The Morgan fingerprint density at radius 2 is 2.10 bits per heavy atom. The van der Waals surface area contributed by atoms with E-state index in [4.69, 9.17) is 0 Å². The Morgan fingerprint density at radius 1 is 1.24 bits per heavy atom. The molecule has 1 aliphatic rings. The molecular formula is C17H24N4. The van der Waals surface area contributed by atoms with E-state index in [2.05, 4.69) is 45.8 Å². The minimum atomic E-state index is 0.673. The predicted molar refractivity (Wildman–Crippen MR) is 84.5 cm³/mol. The molecule has 0 fully saturated rings. The summed E-state index contributed by atoms with van der Waals surface area (Å²) < 4.78 is 2.17. The molecule has 0 unspecified atom stereocenters. The molecular weight excluding hydrogens is 260 g/mol. The number of imidazole rings is 1. The van der Waals surface area contributed by atoms with Gasteiger partial charge in [-0.05, 0) is 55.8 Å². The van der Waals surface area contributed by atoms with Gasteiger partial charge in [0.25, 0.3) is 0 Å². The van der Waals surface area contributed by atoms with Gasteiger partial charge in [0.05, 0.1) is 5.69 Å². The van der Waals surface area contributed by atoms with Crippen molar-refractivity contribution < 1.29 is 0 Å². The highest BCUT2D eigenvalue weighted by Crippen LogP contribution is 2.22. The number of fused-ring (bicyclic) bond motifs is 1. The number of pyridine rings is 1. The average molecular weight is 284 g/mol. The van der Waals surface area contributed by atoms with Crippen LogP contribution in [-0.2, 0) is 19.4 Å². The fourth-order valence-corrected chi connectivity index (χ4v) is 2.87. The quantitative estimate of drug-likeness (QED) is 0.918. The third kappa shape index (κ3) is 3.32. The molecule has 0 radical (unpaired) electrons. The molecule has 2 aromatic rings. The maximum Gasteiger partial charge on any atom is 0.138 e. The monoisotopic (exact) mass is 284 g/mol. The largest absolute Gasteiger partial charge is 0.312 e. The molecule has 0 amide bonds. The van der Waals surface area contributed by atoms with E-state index in [9.17, 15) is 0 Å². The topological polar surface area (TPSA) is 42.7 Å². The molecule has 21 heavy (non-hydrogen) atoms. The van der Waals surface area contributed by atoms with Crippen molar-refractivity contribution in [3.8, 4) is 5.82 Å². The van der Waals surface area contributed by atoms with Gasteiger partial charge in [0.2, 0.25) is 0 Å². The highest BCUT2D eigenvalue weighted by atomic mass is 15.1. The highest BCUT2D eigenvalue weighted by Gasteiger charge is 2.16. The summed E-state index contributed by atoms with van der Waals surface area (Å²) in [6.45, 7) is 6.38. The number of nitrogens with one attached hydrogen (secondary N) is 1. The van der Waals surface area contributed by atoms with Crippen LogP contribution in [0.5, 0.6) is 0 Å². The van der Waals surface area contributed by atoms with E-state index >= 15 is 0 Å². The summed E-state index contributed by atoms with van der Waals surface area (Å²) in [7, 11) is 0. The van der Waals surface area contributed by atoms with Crippen molar-refractivity contribution in [1.29, 1.82) is 0 Å². The minimum absolute atomic E-state index is 0.673. The van der Waals surface area contributed by atoms with Gasteiger partial charge in [0.1, 0.15) is 12.1 Å². The first-order chi connectivity index (χ1) is 10.2. The van der Waals surface area contributed by atoms with Gasteiger partial charge in [-0.2, -0.15) is 0 Å². The van der Waals surface area contributed by atoms with E-state index < -0.39 is 0 Å². The molecule has 3 rings (SSSR count). The molecule has 2 aromatic heterocycles. The smallest absolute Gasteiger partial charge is 0.138 e. The Bertz CT molecular complexity index is 601. The standard InChI is InChI=1S/C17H24N4/c1-13(2)10-18-11-14-7-8-19-17(9-14)21-12-20-15-5-3-4-6-16(15)21/h7-9,12-13,18H,3-6,10-11H2,1-2H3. The maximum atomic E-state index is 4.56. The predicted octanol–water partition coefficient (Wildman–Crippen LogP) is 2.89. The van der Waals surface area contributed by atoms with Gasteiger partial charge in [-0.15, -0.1) is 0 Å². The summed E-state index contributed by atoms with van der Waals surface area (Å²) in [6.07, 6.45) is 8.58. The lowest BCUT2D eigenvalue weighted by Gasteiger charge is -2.14. The van der Waals surface area contributed by atoms with E-state index in [1.807, 2.05) is 12.5 Å². The molecule has 0 spiro atoms. The first kappa shape index (κ1) is 14.3. The van der Waals surface area contributed by atoms with E-state index in [1.54, 1.807) is 0 Å². The third-order valence-corrected chi connectivity index (χ3v) is 3.97. The van der Waals surface area contributed by atoms with Gasteiger partial charge in [-0.3, -0.25) is 4.57 Å². The van der Waals surface area contributed by atoms with Crippen LogP contribution in [0, 0.1) is 5.92 Å². The van der Waals surface area contributed by atoms with E-state index in [1.165, 1.54) is 29.8 Å². The lowest BCUT2D eigenvalue weighted by atomic mass is 10.0. The number of rotatable bonds is 5. The van der Waals surface area contributed by atoms with Crippen molar-refractivity contribution >= 4 is 0 Å². The van der Waals surface area contributed by atoms with Crippen LogP contribution < -0.4 is 5.32 Å². The van der Waals surface area contributed by atoms with Crippen molar-refractivity contribution in [2.45, 2.75) is 46.1 Å². The van der Waals surface area contributed by atoms with Crippen molar-refractivity contribution in [3.63, 3.8) is 0 Å². The SMILES string of the molecule is CC(C)CNCc1ccnc(-n2cnc3c2CCCC3)c1. The van der Waals surface area contributed by atoms with Crippen molar-refractivity contribution in [2.24, 2.45) is 5.92 Å². The first-order valence-electron chi connectivity index (χ1n) is 7.95. The van der Waals surface area contributed by atoms with Gasteiger partial charge in [-0.25, -0.2) is 9.97 Å². The molecule has 0 saturated heterocycles. The number of aromatic nitrogens is 3. The molecule has 1 N–H and O–H groups in total. The fourth-order valence-electron chi connectivity index (χ4n) is 2.87. The zero-order chi connectivity index (χ0) is 14.7. The Morgan fingerprint density at radius 3 is 2.95 bits per heavy atom. The lowest BCUT2D eigenvalue weighted by Crippen LogP contribution is -2.19. The van der Waals surface area contributed by atoms with Crippen LogP contribution in [0.4, 0.5) is 0 Å². The maximum absolute atomic E-state index is 4.56. The second-order valence-electron chi connectivity index (χ2n) is 6.26. The van der Waals surface area contributed by atoms with E-state index in [-0.39, 0.29) is 0 Å². The van der Waals surface area contributed by atoms with Crippen molar-refractivity contribution in [3.05, 3.63) is 41.6 Å². The Balaban J connectivity index is 1.78. The van der Waals surface area contributed by atoms with E-state index in [0.29, 0.717) is 5.92 Å². The molecule has 4 nitrogen and oxygen atoms in total. The molecule has 0 atom stereocenters. The molecule has 0 saturated carbocycles. The Labute approximate surface area is 126 Å². The number of hydrogen-bond donors (Lipinski definition) is 1. The van der Waals surface area contributed by atoms with E-state index in [0.717, 1.165) is 31.7 Å². The van der Waals surface area contributed by atoms with Crippen LogP contribution in [0.15, 0.2) is 24.7 Å². The summed E-state index contributed by atoms with van der Waals surface area (Å²) in [5.74, 6) is 1.67. The first-order valence-corrected chi connectivity index (χ1v) is 7.95. The second-order valence-corrected chi connectivity index (χ2v) is 6.26. The average Bonchev–Trinajstić information content (AvgIpc) is 2.91. The summed E-state index contributed by atoms with van der Waals surface area (Å²) >= 11 is 0. The van der Waals surface area contributed by atoms with Crippen LogP contribution in [0.2, 0.25) is 0 Å². The minimum Gasteiger partial charge on any atom is -0.312 e. The lowest BCUT2D eigenvalue weighted by molar-refractivity contribution is 0.552. The van der Waals surface area contributed by atoms with Crippen LogP contribution in [0.1, 0.15) is 43.6 Å². The number of nitrogens with zero attached hydrogens (tertiary/aromatic N) is 3. The van der Waals surface area contributed by atoms with Gasteiger partial charge in [0, 0.05) is 18.4 Å². The summed E-state index contributed by atoms with van der Waals surface area (Å²) in [6, 6.07) is 4.25. The van der Waals surface area contributed by atoms with Crippen LogP contribution in [0.25, 0.3) is 5.82 Å². The summed E-state index contributed by atoms with van der Waals surface area (Å²) in [5.41, 5.74) is 3.88. The van der Waals surface area contributed by atoms with Crippen molar-refractivity contribution in [1.82, 2.24) is 19.9 Å². The molecule has 0 aliphatic heterocycles. The summed E-state index contributed by atoms with van der Waals surface area (Å²) in [4.78, 5) is 9.08. The zero-order valence-electron chi connectivity index (χ0n) is 13.0. The highest BCUT2D eigenvalue weighted by molar-refractivity contribution is 5.33. The van der Waals surface area contributed by atoms with Crippen LogP contribution in [-0.4, -0.2) is 21.1 Å². The molecule has 0 aromatic carbocycles. The van der Waals surface area contributed by atoms with Crippen LogP contribution in [0.3, 0.4) is 0 Å². The molecule has 4 heteroatoms. The molecule has 112 valence electrons.